The Labute approximate surface area is 226 Å². The molecule has 9 heteroatoms. The summed E-state index contributed by atoms with van der Waals surface area (Å²) in [5.74, 6) is -0.252. The minimum absolute atomic E-state index is 0.0584. The van der Waals surface area contributed by atoms with Gasteiger partial charge < -0.3 is 14.7 Å². The smallest absolute Gasteiger partial charge is 0.329 e. The number of carboxylic acid groups (broad SMARTS) is 1. The number of ether oxygens (including phenoxy) is 1. The molecule has 3 heterocycles. The van der Waals surface area contributed by atoms with Crippen LogP contribution < -0.4 is 4.74 Å². The summed E-state index contributed by atoms with van der Waals surface area (Å²) in [7, 11) is 1.59. The molecule has 3 atom stereocenters. The first-order valence-electron chi connectivity index (χ1n) is 12.5. The fraction of sp³-hybridized carbons (Fsp3) is 0.500. The van der Waals surface area contributed by atoms with E-state index in [-0.39, 0.29) is 29.6 Å². The molecule has 198 valence electrons. The fourth-order valence-electron chi connectivity index (χ4n) is 5.53. The van der Waals surface area contributed by atoms with Crippen molar-refractivity contribution < 1.29 is 19.4 Å². The molecule has 1 amide bonds. The molecule has 2 aromatic heterocycles. The highest BCUT2D eigenvalue weighted by Crippen LogP contribution is 2.55. The van der Waals surface area contributed by atoms with Crippen LogP contribution >= 0.6 is 22.9 Å². The largest absolute Gasteiger partial charge is 0.496 e. The van der Waals surface area contributed by atoms with Crippen molar-refractivity contribution in [3.63, 3.8) is 0 Å². The van der Waals surface area contributed by atoms with Gasteiger partial charge in [-0.25, -0.2) is 9.78 Å². The summed E-state index contributed by atoms with van der Waals surface area (Å²) >= 11 is 2.82. The predicted octanol–water partition coefficient (Wildman–Crippen LogP) is 6.45. The minimum atomic E-state index is -1.39. The molecule has 7 nitrogen and oxygen atoms in total. The molecule has 37 heavy (non-hydrogen) atoms. The van der Waals surface area contributed by atoms with E-state index in [0.717, 1.165) is 15.4 Å². The van der Waals surface area contributed by atoms with Crippen LogP contribution in [0.5, 0.6) is 5.75 Å². The first-order valence-corrected chi connectivity index (χ1v) is 14.1. The monoisotopic (exact) mass is 541 g/mol. The molecular weight excluding hydrogens is 506 g/mol. The number of aromatic nitrogens is 2. The van der Waals surface area contributed by atoms with Crippen molar-refractivity contribution in [3.8, 4) is 5.75 Å². The number of nitrogens with zero attached hydrogens (tertiary/aromatic N) is 3. The standard InChI is InChI=1S/C28H35N3O4S2/c1-16(2)14-28(26(33)34)15-19(24-29-17(3)30-37-24)23(22-9-8-12-36-22)31(28)25(32)18-10-11-20(27(4,5)6)21(13-18)35-7/h8-13,16,19,23H,14-15H2,1-7H3,(H,33,34)/t19-,23+,28-/m0/s1. The number of carboxylic acids is 1. The predicted molar refractivity (Wildman–Crippen MR) is 147 cm³/mol. The Morgan fingerprint density at radius 1 is 1.27 bits per heavy atom. The summed E-state index contributed by atoms with van der Waals surface area (Å²) in [5, 5.41) is 13.5. The summed E-state index contributed by atoms with van der Waals surface area (Å²) in [6, 6.07) is 8.91. The molecule has 0 saturated carbocycles. The third-order valence-electron chi connectivity index (χ3n) is 6.99. The molecule has 0 radical (unpaired) electrons. The zero-order valence-electron chi connectivity index (χ0n) is 22.4. The van der Waals surface area contributed by atoms with Crippen LogP contribution in [0, 0.1) is 12.8 Å². The summed E-state index contributed by atoms with van der Waals surface area (Å²) in [4.78, 5) is 34.8. The molecule has 1 N–H and O–H groups in total. The van der Waals surface area contributed by atoms with Gasteiger partial charge in [0.1, 0.15) is 22.1 Å². The van der Waals surface area contributed by atoms with Gasteiger partial charge in [0.15, 0.2) is 0 Å². The molecule has 0 aliphatic carbocycles. The van der Waals surface area contributed by atoms with Gasteiger partial charge in [-0.05, 0) is 71.8 Å². The molecule has 3 aromatic rings. The van der Waals surface area contributed by atoms with Crippen molar-refractivity contribution in [1.82, 2.24) is 14.3 Å². The van der Waals surface area contributed by atoms with Crippen LogP contribution in [0.3, 0.4) is 0 Å². The molecule has 1 fully saturated rings. The van der Waals surface area contributed by atoms with E-state index in [1.165, 1.54) is 22.9 Å². The third kappa shape index (κ3) is 5.03. The second-order valence-corrected chi connectivity index (χ2v) is 13.0. The molecule has 0 unspecified atom stereocenters. The molecule has 0 bridgehead atoms. The molecular formula is C28H35N3O4S2. The third-order valence-corrected chi connectivity index (χ3v) is 8.87. The molecule has 1 aromatic carbocycles. The first kappa shape index (κ1) is 27.3. The number of likely N-dealkylation sites (tertiary alicyclic amines) is 1. The second kappa shape index (κ2) is 10.2. The number of amides is 1. The lowest BCUT2D eigenvalue weighted by molar-refractivity contribution is -0.150. The van der Waals surface area contributed by atoms with E-state index < -0.39 is 17.6 Å². The number of carbonyl (C=O) groups is 2. The molecule has 1 aliphatic rings. The highest BCUT2D eigenvalue weighted by atomic mass is 32.1. The van der Waals surface area contributed by atoms with E-state index in [4.69, 9.17) is 4.74 Å². The fourth-order valence-corrected chi connectivity index (χ4v) is 7.20. The highest BCUT2D eigenvalue weighted by molar-refractivity contribution is 7.10. The molecule has 0 spiro atoms. The van der Waals surface area contributed by atoms with Gasteiger partial charge in [-0.1, -0.05) is 46.8 Å². The van der Waals surface area contributed by atoms with Gasteiger partial charge in [0.25, 0.3) is 5.91 Å². The van der Waals surface area contributed by atoms with Gasteiger partial charge in [-0.3, -0.25) is 4.79 Å². The summed E-state index contributed by atoms with van der Waals surface area (Å²) in [6.45, 7) is 12.1. The quantitative estimate of drug-likeness (QED) is 0.369. The van der Waals surface area contributed by atoms with Gasteiger partial charge in [0.2, 0.25) is 0 Å². The van der Waals surface area contributed by atoms with Crippen LogP contribution in [0.1, 0.15) is 91.1 Å². The highest BCUT2D eigenvalue weighted by Gasteiger charge is 2.60. The van der Waals surface area contributed by atoms with Crippen molar-refractivity contribution in [1.29, 1.82) is 0 Å². The summed E-state index contributed by atoms with van der Waals surface area (Å²) in [6.07, 6.45) is 0.613. The van der Waals surface area contributed by atoms with Crippen LogP contribution in [-0.4, -0.2) is 43.9 Å². The van der Waals surface area contributed by atoms with Crippen molar-refractivity contribution in [2.75, 3.05) is 7.11 Å². The zero-order valence-corrected chi connectivity index (χ0v) is 24.1. The van der Waals surface area contributed by atoms with Crippen LogP contribution in [0.25, 0.3) is 0 Å². The lowest BCUT2D eigenvalue weighted by atomic mass is 9.83. The average Bonchev–Trinajstić information content (AvgIpc) is 3.56. The second-order valence-electron chi connectivity index (χ2n) is 11.2. The van der Waals surface area contributed by atoms with Crippen LogP contribution in [-0.2, 0) is 10.2 Å². The maximum Gasteiger partial charge on any atom is 0.329 e. The Kier molecular flexibility index (Phi) is 7.50. The number of hydrogen-bond acceptors (Lipinski definition) is 7. The Morgan fingerprint density at radius 3 is 2.51 bits per heavy atom. The van der Waals surface area contributed by atoms with Crippen LogP contribution in [0.2, 0.25) is 0 Å². The van der Waals surface area contributed by atoms with E-state index >= 15 is 0 Å². The SMILES string of the molecule is COc1cc(C(=O)N2[C@@H](c3cccs3)[C@@H](c3nc(C)ns3)C[C@@]2(CC(C)C)C(=O)O)ccc1C(C)(C)C. The van der Waals surface area contributed by atoms with Gasteiger partial charge in [-0.15, -0.1) is 11.3 Å². The topological polar surface area (TPSA) is 92.6 Å². The lowest BCUT2D eigenvalue weighted by Gasteiger charge is -2.39. The number of thiophene rings is 1. The Hall–Kier alpha value is -2.78. The minimum Gasteiger partial charge on any atom is -0.496 e. The van der Waals surface area contributed by atoms with Crippen molar-refractivity contribution in [2.45, 2.75) is 77.3 Å². The number of rotatable bonds is 7. The Morgan fingerprint density at radius 2 is 2.00 bits per heavy atom. The Bertz CT molecular complexity index is 1280. The van der Waals surface area contributed by atoms with Gasteiger partial charge in [0.05, 0.1) is 13.2 Å². The normalized spacial score (nSPS) is 22.0. The van der Waals surface area contributed by atoms with Gasteiger partial charge in [0, 0.05) is 16.4 Å². The van der Waals surface area contributed by atoms with E-state index in [1.807, 2.05) is 44.4 Å². The summed E-state index contributed by atoms with van der Waals surface area (Å²) in [5.41, 5.74) is -0.171. The number of methoxy groups -OCH3 is 1. The number of hydrogen-bond donors (Lipinski definition) is 1. The Balaban J connectivity index is 1.92. The van der Waals surface area contributed by atoms with E-state index in [2.05, 4.69) is 30.1 Å². The van der Waals surface area contributed by atoms with Crippen LogP contribution in [0.15, 0.2) is 35.7 Å². The maximum atomic E-state index is 14.4. The average molecular weight is 542 g/mol. The van der Waals surface area contributed by atoms with Gasteiger partial charge >= 0.3 is 5.97 Å². The molecule has 4 rings (SSSR count). The van der Waals surface area contributed by atoms with Crippen LogP contribution in [0.4, 0.5) is 0 Å². The number of carbonyl (C=O) groups excluding carboxylic acids is 1. The van der Waals surface area contributed by atoms with Crippen molar-refractivity contribution in [2.24, 2.45) is 5.92 Å². The zero-order chi connectivity index (χ0) is 27.1. The van der Waals surface area contributed by atoms with Gasteiger partial charge in [-0.2, -0.15) is 4.37 Å². The van der Waals surface area contributed by atoms with Crippen molar-refractivity contribution in [3.05, 3.63) is 62.5 Å². The lowest BCUT2D eigenvalue weighted by Crippen LogP contribution is -2.54. The first-order chi connectivity index (χ1) is 17.4. The molecule has 1 saturated heterocycles. The number of aryl methyl sites for hydroxylation is 1. The number of benzene rings is 1. The number of aliphatic carboxylic acids is 1. The molecule has 1 aliphatic heterocycles. The van der Waals surface area contributed by atoms with Crippen molar-refractivity contribution >= 4 is 34.7 Å². The van der Waals surface area contributed by atoms with E-state index in [0.29, 0.717) is 23.6 Å². The van der Waals surface area contributed by atoms with E-state index in [9.17, 15) is 14.7 Å². The maximum absolute atomic E-state index is 14.4. The summed E-state index contributed by atoms with van der Waals surface area (Å²) < 4.78 is 10.1. The van der Waals surface area contributed by atoms with E-state index in [1.54, 1.807) is 24.1 Å².